The van der Waals surface area contributed by atoms with Crippen molar-refractivity contribution in [2.75, 3.05) is 0 Å². The maximum absolute atomic E-state index is 12.0. The lowest BCUT2D eigenvalue weighted by molar-refractivity contribution is -0.141. The van der Waals surface area contributed by atoms with Crippen LogP contribution in [0.25, 0.3) is 0 Å². The number of aryl methyl sites for hydroxylation is 1. The summed E-state index contributed by atoms with van der Waals surface area (Å²) >= 11 is 0. The van der Waals surface area contributed by atoms with Gasteiger partial charge in [-0.05, 0) is 63.1 Å². The molecule has 25 heavy (non-hydrogen) atoms. The van der Waals surface area contributed by atoms with E-state index in [0.29, 0.717) is 18.9 Å². The van der Waals surface area contributed by atoms with Crippen molar-refractivity contribution >= 4 is 11.9 Å². The molecule has 1 amide bonds. The number of carbonyl (C=O) groups is 2. The summed E-state index contributed by atoms with van der Waals surface area (Å²) in [6.07, 6.45) is 9.59. The molecule has 0 spiro atoms. The van der Waals surface area contributed by atoms with E-state index in [1.165, 1.54) is 12.8 Å². The zero-order valence-corrected chi connectivity index (χ0v) is 14.7. The van der Waals surface area contributed by atoms with E-state index in [0.717, 1.165) is 24.2 Å². The van der Waals surface area contributed by atoms with Gasteiger partial charge in [0.15, 0.2) is 0 Å². The Labute approximate surface area is 149 Å². The van der Waals surface area contributed by atoms with E-state index < -0.39 is 12.0 Å². The largest absolute Gasteiger partial charge is 0.490 e. The van der Waals surface area contributed by atoms with Gasteiger partial charge in [0.25, 0.3) is 0 Å². The van der Waals surface area contributed by atoms with E-state index >= 15 is 0 Å². The summed E-state index contributed by atoms with van der Waals surface area (Å²) in [5.41, 5.74) is 1.02. The van der Waals surface area contributed by atoms with E-state index in [2.05, 4.69) is 5.32 Å². The summed E-state index contributed by atoms with van der Waals surface area (Å²) in [4.78, 5) is 23.2. The maximum Gasteiger partial charge on any atom is 0.326 e. The second-order valence-electron chi connectivity index (χ2n) is 6.43. The molecule has 0 bridgehead atoms. The summed E-state index contributed by atoms with van der Waals surface area (Å²) in [6.45, 7) is 1.82. The highest BCUT2D eigenvalue weighted by Gasteiger charge is 2.18. The van der Waals surface area contributed by atoms with Gasteiger partial charge in [0, 0.05) is 6.42 Å². The topological polar surface area (TPSA) is 75.6 Å². The Kier molecular flexibility index (Phi) is 7.51. The van der Waals surface area contributed by atoms with Crippen LogP contribution in [-0.4, -0.2) is 29.1 Å². The molecule has 0 saturated heterocycles. The molecule has 0 radical (unpaired) electrons. The SMILES string of the molecule is C/C=C/CC(NC(=O)CCc1cccc(OC2CCCC2)c1)C(=O)O. The molecule has 5 nitrogen and oxygen atoms in total. The van der Waals surface area contributed by atoms with Gasteiger partial charge in [-0.15, -0.1) is 0 Å². The molecule has 1 aromatic carbocycles. The van der Waals surface area contributed by atoms with Crippen LogP contribution in [0.5, 0.6) is 5.75 Å². The number of ether oxygens (including phenoxy) is 1. The van der Waals surface area contributed by atoms with E-state index in [9.17, 15) is 9.59 Å². The molecule has 1 aromatic rings. The molecule has 2 rings (SSSR count). The van der Waals surface area contributed by atoms with Crippen molar-refractivity contribution in [3.05, 3.63) is 42.0 Å². The van der Waals surface area contributed by atoms with Crippen molar-refractivity contribution in [2.45, 2.75) is 64.0 Å². The molecule has 1 unspecified atom stereocenters. The van der Waals surface area contributed by atoms with Crippen LogP contribution in [0.4, 0.5) is 0 Å². The Morgan fingerprint density at radius 2 is 2.12 bits per heavy atom. The highest BCUT2D eigenvalue weighted by Crippen LogP contribution is 2.24. The lowest BCUT2D eigenvalue weighted by atomic mass is 10.1. The van der Waals surface area contributed by atoms with E-state index in [1.807, 2.05) is 31.2 Å². The van der Waals surface area contributed by atoms with Gasteiger partial charge in [-0.3, -0.25) is 4.79 Å². The molecular formula is C20H27NO4. The van der Waals surface area contributed by atoms with E-state index in [-0.39, 0.29) is 12.3 Å². The highest BCUT2D eigenvalue weighted by molar-refractivity contribution is 5.83. The average molecular weight is 345 g/mol. The lowest BCUT2D eigenvalue weighted by Gasteiger charge is -2.14. The van der Waals surface area contributed by atoms with Gasteiger partial charge in [0.1, 0.15) is 11.8 Å². The quantitative estimate of drug-likeness (QED) is 0.672. The van der Waals surface area contributed by atoms with Crippen LogP contribution in [0.2, 0.25) is 0 Å². The highest BCUT2D eigenvalue weighted by atomic mass is 16.5. The number of aliphatic carboxylic acids is 1. The minimum Gasteiger partial charge on any atom is -0.490 e. The van der Waals surface area contributed by atoms with Gasteiger partial charge < -0.3 is 15.2 Å². The zero-order chi connectivity index (χ0) is 18.1. The molecule has 1 fully saturated rings. The third kappa shape index (κ3) is 6.61. The Morgan fingerprint density at radius 3 is 2.80 bits per heavy atom. The fourth-order valence-corrected chi connectivity index (χ4v) is 2.99. The number of rotatable bonds is 9. The summed E-state index contributed by atoms with van der Waals surface area (Å²) in [6, 6.07) is 6.94. The standard InChI is InChI=1S/C20H27NO4/c1-2-3-11-18(20(23)24)21-19(22)13-12-15-7-6-10-17(14-15)25-16-8-4-5-9-16/h2-3,6-7,10,14,16,18H,4-5,8-9,11-13H2,1H3,(H,21,22)(H,23,24)/b3-2+. The third-order valence-electron chi connectivity index (χ3n) is 4.38. The van der Waals surface area contributed by atoms with Crippen molar-refractivity contribution in [3.63, 3.8) is 0 Å². The molecular weight excluding hydrogens is 318 g/mol. The van der Waals surface area contributed by atoms with Crippen molar-refractivity contribution in [3.8, 4) is 5.75 Å². The molecule has 1 aliphatic carbocycles. The first-order chi connectivity index (χ1) is 12.1. The molecule has 0 aliphatic heterocycles. The molecule has 1 saturated carbocycles. The predicted octanol–water partition coefficient (Wildman–Crippen LogP) is 3.48. The lowest BCUT2D eigenvalue weighted by Crippen LogP contribution is -2.40. The Bertz CT molecular complexity index is 605. The summed E-state index contributed by atoms with van der Waals surface area (Å²) in [7, 11) is 0. The maximum atomic E-state index is 12.0. The number of carboxylic acids is 1. The van der Waals surface area contributed by atoms with Crippen molar-refractivity contribution in [1.82, 2.24) is 5.32 Å². The average Bonchev–Trinajstić information content (AvgIpc) is 3.10. The second-order valence-corrected chi connectivity index (χ2v) is 6.43. The van der Waals surface area contributed by atoms with Crippen LogP contribution in [0, 0.1) is 0 Å². The normalized spacial score (nSPS) is 16.0. The molecule has 0 aromatic heterocycles. The number of allylic oxidation sites excluding steroid dienone is 1. The molecule has 2 N–H and O–H groups in total. The molecule has 1 atom stereocenters. The monoisotopic (exact) mass is 345 g/mol. The van der Waals surface area contributed by atoms with Gasteiger partial charge in [0.05, 0.1) is 6.10 Å². The van der Waals surface area contributed by atoms with E-state index in [4.69, 9.17) is 9.84 Å². The van der Waals surface area contributed by atoms with Gasteiger partial charge in [-0.2, -0.15) is 0 Å². The van der Waals surface area contributed by atoms with Crippen molar-refractivity contribution in [1.29, 1.82) is 0 Å². The number of hydrogen-bond donors (Lipinski definition) is 2. The van der Waals surface area contributed by atoms with Crippen LogP contribution in [0.1, 0.15) is 51.0 Å². The number of benzene rings is 1. The fourth-order valence-electron chi connectivity index (χ4n) is 2.99. The minimum absolute atomic E-state index is 0.251. The van der Waals surface area contributed by atoms with Crippen LogP contribution in [0.3, 0.4) is 0 Å². The summed E-state index contributed by atoms with van der Waals surface area (Å²) in [5.74, 6) is -0.418. The minimum atomic E-state index is -1.02. The number of carboxylic acid groups (broad SMARTS) is 1. The zero-order valence-electron chi connectivity index (χ0n) is 14.7. The van der Waals surface area contributed by atoms with Crippen molar-refractivity contribution in [2.24, 2.45) is 0 Å². The first-order valence-electron chi connectivity index (χ1n) is 8.97. The van der Waals surface area contributed by atoms with Crippen LogP contribution < -0.4 is 10.1 Å². The number of hydrogen-bond acceptors (Lipinski definition) is 3. The molecule has 1 aliphatic rings. The summed E-state index contributed by atoms with van der Waals surface area (Å²) in [5, 5.41) is 11.7. The first kappa shape index (κ1) is 19.0. The van der Waals surface area contributed by atoms with Crippen molar-refractivity contribution < 1.29 is 19.4 Å². The van der Waals surface area contributed by atoms with E-state index in [1.54, 1.807) is 12.2 Å². The van der Waals surface area contributed by atoms with Gasteiger partial charge in [0.2, 0.25) is 5.91 Å². The second kappa shape index (κ2) is 9.87. The predicted molar refractivity (Wildman–Crippen MR) is 96.6 cm³/mol. The van der Waals surface area contributed by atoms with Gasteiger partial charge in [-0.1, -0.05) is 24.3 Å². The molecule has 5 heteroatoms. The van der Waals surface area contributed by atoms with Gasteiger partial charge >= 0.3 is 5.97 Å². The molecule has 0 heterocycles. The van der Waals surface area contributed by atoms with Crippen LogP contribution in [-0.2, 0) is 16.0 Å². The number of carbonyl (C=O) groups excluding carboxylic acids is 1. The first-order valence-corrected chi connectivity index (χ1v) is 8.97. The van der Waals surface area contributed by atoms with Crippen LogP contribution in [0.15, 0.2) is 36.4 Å². The smallest absolute Gasteiger partial charge is 0.326 e. The Balaban J connectivity index is 1.83. The number of amides is 1. The summed E-state index contributed by atoms with van der Waals surface area (Å²) < 4.78 is 5.98. The number of nitrogens with one attached hydrogen (secondary N) is 1. The van der Waals surface area contributed by atoms with Gasteiger partial charge in [-0.25, -0.2) is 4.79 Å². The Morgan fingerprint density at radius 1 is 1.36 bits per heavy atom. The Hall–Kier alpha value is -2.30. The van der Waals surface area contributed by atoms with Crippen LogP contribution >= 0.6 is 0 Å². The molecule has 136 valence electrons. The third-order valence-corrected chi connectivity index (χ3v) is 4.38. The fraction of sp³-hybridized carbons (Fsp3) is 0.500.